The maximum absolute atomic E-state index is 13.1. The Bertz CT molecular complexity index is 1020. The Morgan fingerprint density at radius 1 is 1.00 bits per heavy atom. The van der Waals surface area contributed by atoms with Gasteiger partial charge in [-0.1, -0.05) is 54.1 Å². The zero-order valence-electron chi connectivity index (χ0n) is 16.9. The fraction of sp³-hybridized carbons (Fsp3) is 0.292. The second-order valence-electron chi connectivity index (χ2n) is 7.72. The molecule has 1 amide bonds. The Morgan fingerprint density at radius 3 is 2.52 bits per heavy atom. The third-order valence-corrected chi connectivity index (χ3v) is 6.03. The second-order valence-corrected chi connectivity index (χ2v) is 8.13. The Labute approximate surface area is 177 Å². The summed E-state index contributed by atoms with van der Waals surface area (Å²) in [4.78, 5) is 17.7. The van der Waals surface area contributed by atoms with Crippen LogP contribution in [0.1, 0.15) is 28.9 Å². The first-order valence-corrected chi connectivity index (χ1v) is 10.4. The maximum Gasteiger partial charge on any atom is 0.253 e. The molecule has 4 rings (SSSR count). The third-order valence-electron chi connectivity index (χ3n) is 5.70. The minimum atomic E-state index is -0.147. The molecule has 0 aromatic heterocycles. The number of amides is 1. The summed E-state index contributed by atoms with van der Waals surface area (Å²) in [5, 5.41) is 5.93. The molecule has 1 fully saturated rings. The molecule has 0 saturated carbocycles. The minimum absolute atomic E-state index is 0.128. The fourth-order valence-corrected chi connectivity index (χ4v) is 4.13. The summed E-state index contributed by atoms with van der Waals surface area (Å²) in [6.07, 6.45) is 0. The van der Waals surface area contributed by atoms with Crippen molar-refractivity contribution in [2.45, 2.75) is 13.0 Å². The number of hydrogen-bond acceptors (Lipinski definition) is 3. The summed E-state index contributed by atoms with van der Waals surface area (Å²) in [5.41, 5.74) is 2.67. The number of benzene rings is 3. The third kappa shape index (κ3) is 4.24. The molecule has 0 bridgehead atoms. The molecule has 3 aromatic rings. The van der Waals surface area contributed by atoms with E-state index in [1.54, 1.807) is 0 Å². The van der Waals surface area contributed by atoms with E-state index in [0.29, 0.717) is 10.6 Å². The molecule has 0 radical (unpaired) electrons. The maximum atomic E-state index is 13.1. The smallest absolute Gasteiger partial charge is 0.253 e. The molecule has 29 heavy (non-hydrogen) atoms. The Morgan fingerprint density at radius 2 is 1.72 bits per heavy atom. The first kappa shape index (κ1) is 19.7. The number of piperazine rings is 1. The SMILES string of the molecule is C[C@@H](NC(=O)c1cc(N2CCN(C)CC2)ccc1Cl)c1cccc2ccccc12. The number of likely N-dealkylation sites (N-methyl/N-ethyl adjacent to an activating group) is 1. The molecule has 3 aromatic carbocycles. The molecule has 0 spiro atoms. The van der Waals surface area contributed by atoms with E-state index in [4.69, 9.17) is 11.6 Å². The number of carbonyl (C=O) groups is 1. The van der Waals surface area contributed by atoms with Gasteiger partial charge in [-0.15, -0.1) is 0 Å². The number of carbonyl (C=O) groups excluding carboxylic acids is 1. The van der Waals surface area contributed by atoms with Gasteiger partial charge in [-0.25, -0.2) is 0 Å². The van der Waals surface area contributed by atoms with E-state index in [9.17, 15) is 4.79 Å². The number of hydrogen-bond donors (Lipinski definition) is 1. The zero-order valence-corrected chi connectivity index (χ0v) is 17.6. The summed E-state index contributed by atoms with van der Waals surface area (Å²) in [6.45, 7) is 5.94. The highest BCUT2D eigenvalue weighted by Gasteiger charge is 2.19. The Kier molecular flexibility index (Phi) is 5.74. The van der Waals surface area contributed by atoms with Crippen molar-refractivity contribution in [3.63, 3.8) is 0 Å². The van der Waals surface area contributed by atoms with Gasteiger partial charge in [0.1, 0.15) is 0 Å². The quantitative estimate of drug-likeness (QED) is 0.678. The zero-order chi connectivity index (χ0) is 20.4. The summed E-state index contributed by atoms with van der Waals surface area (Å²) < 4.78 is 0. The highest BCUT2D eigenvalue weighted by atomic mass is 35.5. The average molecular weight is 408 g/mol. The van der Waals surface area contributed by atoms with Gasteiger partial charge in [-0.2, -0.15) is 0 Å². The largest absolute Gasteiger partial charge is 0.369 e. The van der Waals surface area contributed by atoms with Crippen LogP contribution >= 0.6 is 11.6 Å². The molecule has 0 unspecified atom stereocenters. The Hall–Kier alpha value is -2.56. The number of fused-ring (bicyclic) bond motifs is 1. The molecule has 4 nitrogen and oxygen atoms in total. The van der Waals surface area contributed by atoms with E-state index in [2.05, 4.69) is 46.4 Å². The van der Waals surface area contributed by atoms with Crippen LogP contribution in [-0.4, -0.2) is 44.0 Å². The summed E-state index contributed by atoms with van der Waals surface area (Å²) in [5.74, 6) is -0.147. The number of halogens is 1. The lowest BCUT2D eigenvalue weighted by molar-refractivity contribution is 0.0940. The van der Waals surface area contributed by atoms with Crippen LogP contribution in [-0.2, 0) is 0 Å². The van der Waals surface area contributed by atoms with Gasteiger partial charge in [0.15, 0.2) is 0 Å². The molecular formula is C24H26ClN3O. The predicted octanol–water partition coefficient (Wildman–Crippen LogP) is 4.74. The van der Waals surface area contributed by atoms with Gasteiger partial charge >= 0.3 is 0 Å². The average Bonchev–Trinajstić information content (AvgIpc) is 2.74. The topological polar surface area (TPSA) is 35.6 Å². The van der Waals surface area contributed by atoms with Crippen molar-refractivity contribution in [2.75, 3.05) is 38.1 Å². The number of anilines is 1. The summed E-state index contributed by atoms with van der Waals surface area (Å²) in [7, 11) is 2.13. The monoisotopic (exact) mass is 407 g/mol. The molecular weight excluding hydrogens is 382 g/mol. The molecule has 1 saturated heterocycles. The van der Waals surface area contributed by atoms with Crippen molar-refractivity contribution in [3.05, 3.63) is 76.8 Å². The molecule has 0 aliphatic carbocycles. The standard InChI is InChI=1S/C24H26ClN3O/c1-17(20-9-5-7-18-6-3-4-8-21(18)20)26-24(29)22-16-19(10-11-23(22)25)28-14-12-27(2)13-15-28/h3-11,16-17H,12-15H2,1-2H3,(H,26,29)/t17-/m1/s1. The molecule has 5 heteroatoms. The molecule has 1 N–H and O–H groups in total. The lowest BCUT2D eigenvalue weighted by Gasteiger charge is -2.34. The van der Waals surface area contributed by atoms with E-state index in [0.717, 1.165) is 42.8 Å². The Balaban J connectivity index is 1.55. The van der Waals surface area contributed by atoms with Crippen molar-refractivity contribution in [2.24, 2.45) is 0 Å². The van der Waals surface area contributed by atoms with Gasteiger partial charge in [-0.3, -0.25) is 4.79 Å². The lowest BCUT2D eigenvalue weighted by Crippen LogP contribution is -2.44. The van der Waals surface area contributed by atoms with Gasteiger partial charge in [0.25, 0.3) is 5.91 Å². The van der Waals surface area contributed by atoms with Crippen LogP contribution in [0.3, 0.4) is 0 Å². The molecule has 1 aliphatic rings. The van der Waals surface area contributed by atoms with Crippen molar-refractivity contribution in [1.29, 1.82) is 0 Å². The van der Waals surface area contributed by atoms with Crippen LogP contribution in [0, 0.1) is 0 Å². The van der Waals surface area contributed by atoms with Crippen LogP contribution < -0.4 is 10.2 Å². The van der Waals surface area contributed by atoms with Crippen LogP contribution in [0.25, 0.3) is 10.8 Å². The molecule has 1 aliphatic heterocycles. The summed E-state index contributed by atoms with van der Waals surface area (Å²) >= 11 is 6.39. The number of rotatable bonds is 4. The second kappa shape index (κ2) is 8.44. The first-order chi connectivity index (χ1) is 14.0. The highest BCUT2D eigenvalue weighted by Crippen LogP contribution is 2.27. The molecule has 1 heterocycles. The van der Waals surface area contributed by atoms with E-state index in [1.807, 2.05) is 43.3 Å². The van der Waals surface area contributed by atoms with E-state index in [1.165, 1.54) is 5.39 Å². The van der Waals surface area contributed by atoms with Crippen LogP contribution in [0.2, 0.25) is 5.02 Å². The van der Waals surface area contributed by atoms with Crippen molar-refractivity contribution in [1.82, 2.24) is 10.2 Å². The normalized spacial score (nSPS) is 16.0. The fourth-order valence-electron chi connectivity index (χ4n) is 3.93. The van der Waals surface area contributed by atoms with Crippen LogP contribution in [0.4, 0.5) is 5.69 Å². The van der Waals surface area contributed by atoms with Gasteiger partial charge in [0, 0.05) is 31.9 Å². The van der Waals surface area contributed by atoms with Crippen molar-refractivity contribution >= 4 is 34.0 Å². The van der Waals surface area contributed by atoms with E-state index in [-0.39, 0.29) is 11.9 Å². The van der Waals surface area contributed by atoms with Gasteiger partial charge in [-0.05, 0) is 48.5 Å². The minimum Gasteiger partial charge on any atom is -0.369 e. The van der Waals surface area contributed by atoms with Crippen molar-refractivity contribution < 1.29 is 4.79 Å². The highest BCUT2D eigenvalue weighted by molar-refractivity contribution is 6.34. The number of nitrogens with zero attached hydrogens (tertiary/aromatic N) is 2. The van der Waals surface area contributed by atoms with Crippen molar-refractivity contribution in [3.8, 4) is 0 Å². The van der Waals surface area contributed by atoms with E-state index >= 15 is 0 Å². The molecule has 150 valence electrons. The van der Waals surface area contributed by atoms with Gasteiger partial charge in [0.05, 0.1) is 16.6 Å². The lowest BCUT2D eigenvalue weighted by atomic mass is 9.99. The van der Waals surface area contributed by atoms with Crippen LogP contribution in [0.5, 0.6) is 0 Å². The molecule has 1 atom stereocenters. The number of nitrogens with one attached hydrogen (secondary N) is 1. The summed E-state index contributed by atoms with van der Waals surface area (Å²) in [6, 6.07) is 20.0. The first-order valence-electron chi connectivity index (χ1n) is 10.0. The van der Waals surface area contributed by atoms with Gasteiger partial charge < -0.3 is 15.1 Å². The van der Waals surface area contributed by atoms with E-state index < -0.39 is 0 Å². The van der Waals surface area contributed by atoms with Gasteiger partial charge in [0.2, 0.25) is 0 Å². The predicted molar refractivity (Wildman–Crippen MR) is 121 cm³/mol. The van der Waals surface area contributed by atoms with Crippen LogP contribution in [0.15, 0.2) is 60.7 Å².